The zero-order valence-electron chi connectivity index (χ0n) is 16.0. The lowest BCUT2D eigenvalue weighted by molar-refractivity contribution is -0.273. The Bertz CT molecular complexity index is 588. The SMILES string of the molecule is C[C@H](CC/C=C/C(=O)OCCc1ccccc1)O[C@@H]1O[C@@H](C)C(O)C[C@H]1O. The van der Waals surface area contributed by atoms with Gasteiger partial charge in [0.25, 0.3) is 0 Å². The summed E-state index contributed by atoms with van der Waals surface area (Å²) >= 11 is 0. The predicted octanol–water partition coefficient (Wildman–Crippen LogP) is 2.37. The summed E-state index contributed by atoms with van der Waals surface area (Å²) in [5.41, 5.74) is 1.13. The maximum Gasteiger partial charge on any atom is 0.330 e. The predicted molar refractivity (Wildman–Crippen MR) is 101 cm³/mol. The van der Waals surface area contributed by atoms with Gasteiger partial charge in [0.1, 0.15) is 6.10 Å². The molecule has 0 radical (unpaired) electrons. The van der Waals surface area contributed by atoms with Crippen LogP contribution < -0.4 is 0 Å². The summed E-state index contributed by atoms with van der Waals surface area (Å²) in [5, 5.41) is 19.6. The Morgan fingerprint density at radius 1 is 1.30 bits per heavy atom. The molecular formula is C21H30O6. The Balaban J connectivity index is 1.59. The quantitative estimate of drug-likeness (QED) is 0.507. The largest absolute Gasteiger partial charge is 0.462 e. The van der Waals surface area contributed by atoms with Crippen LogP contribution in [0.1, 0.15) is 38.7 Å². The van der Waals surface area contributed by atoms with Gasteiger partial charge >= 0.3 is 5.97 Å². The third kappa shape index (κ3) is 7.81. The standard InChI is InChI=1S/C21H30O6/c1-15(26-21-19(23)14-18(22)16(2)27-21)8-6-7-11-20(24)25-13-12-17-9-4-3-5-10-17/h3-5,7,9-11,15-16,18-19,21-23H,6,8,12-14H2,1-2H3/b11-7+/t15-,16+,18?,19-,21-/m1/s1. The van der Waals surface area contributed by atoms with Crippen molar-refractivity contribution in [3.05, 3.63) is 48.0 Å². The van der Waals surface area contributed by atoms with Crippen LogP contribution in [0.25, 0.3) is 0 Å². The third-order valence-electron chi connectivity index (χ3n) is 4.53. The molecule has 0 aromatic heterocycles. The van der Waals surface area contributed by atoms with Crippen molar-refractivity contribution in [3.8, 4) is 0 Å². The number of benzene rings is 1. The number of rotatable bonds is 9. The van der Waals surface area contributed by atoms with Gasteiger partial charge in [-0.15, -0.1) is 0 Å². The van der Waals surface area contributed by atoms with E-state index < -0.39 is 18.5 Å². The van der Waals surface area contributed by atoms with Crippen LogP contribution in [0.2, 0.25) is 0 Å². The highest BCUT2D eigenvalue weighted by atomic mass is 16.7. The summed E-state index contributed by atoms with van der Waals surface area (Å²) in [6.45, 7) is 4.00. The van der Waals surface area contributed by atoms with Crippen molar-refractivity contribution in [2.45, 2.75) is 70.2 Å². The third-order valence-corrected chi connectivity index (χ3v) is 4.53. The fourth-order valence-electron chi connectivity index (χ4n) is 2.84. The molecule has 1 fully saturated rings. The molecule has 1 aromatic carbocycles. The van der Waals surface area contributed by atoms with E-state index >= 15 is 0 Å². The second kappa shape index (κ2) is 11.2. The monoisotopic (exact) mass is 378 g/mol. The molecule has 0 bridgehead atoms. The summed E-state index contributed by atoms with van der Waals surface area (Å²) in [4.78, 5) is 11.7. The number of aliphatic hydroxyl groups is 2. The van der Waals surface area contributed by atoms with E-state index in [9.17, 15) is 15.0 Å². The molecule has 27 heavy (non-hydrogen) atoms. The van der Waals surface area contributed by atoms with Crippen LogP contribution in [0.4, 0.5) is 0 Å². The molecule has 0 aliphatic carbocycles. The van der Waals surface area contributed by atoms with Gasteiger partial charge in [-0.2, -0.15) is 0 Å². The van der Waals surface area contributed by atoms with Crippen LogP contribution in [0.5, 0.6) is 0 Å². The summed E-state index contributed by atoms with van der Waals surface area (Å²) in [6.07, 6.45) is 2.70. The average molecular weight is 378 g/mol. The number of hydrogen-bond donors (Lipinski definition) is 2. The summed E-state index contributed by atoms with van der Waals surface area (Å²) in [7, 11) is 0. The van der Waals surface area contributed by atoms with E-state index in [1.54, 1.807) is 13.0 Å². The minimum absolute atomic E-state index is 0.147. The molecule has 0 saturated carbocycles. The Morgan fingerprint density at radius 2 is 2.04 bits per heavy atom. The van der Waals surface area contributed by atoms with E-state index in [1.165, 1.54) is 6.08 Å². The summed E-state index contributed by atoms with van der Waals surface area (Å²) in [6, 6.07) is 9.87. The van der Waals surface area contributed by atoms with E-state index in [-0.39, 0.29) is 24.6 Å². The molecule has 1 aliphatic rings. The van der Waals surface area contributed by atoms with Gasteiger partial charge in [0.2, 0.25) is 0 Å². The second-order valence-electron chi connectivity index (χ2n) is 6.91. The second-order valence-corrected chi connectivity index (χ2v) is 6.91. The molecule has 2 N–H and O–H groups in total. The molecule has 1 saturated heterocycles. The number of aliphatic hydroxyl groups excluding tert-OH is 2. The molecule has 0 spiro atoms. The molecule has 5 atom stereocenters. The van der Waals surface area contributed by atoms with Crippen molar-refractivity contribution in [3.63, 3.8) is 0 Å². The maximum absolute atomic E-state index is 11.7. The van der Waals surface area contributed by atoms with Crippen molar-refractivity contribution >= 4 is 5.97 Å². The summed E-state index contributed by atoms with van der Waals surface area (Å²) < 4.78 is 16.4. The van der Waals surface area contributed by atoms with Crippen LogP contribution in [0.15, 0.2) is 42.5 Å². The molecule has 150 valence electrons. The average Bonchev–Trinajstić information content (AvgIpc) is 2.64. The fraction of sp³-hybridized carbons (Fsp3) is 0.571. The number of carbonyl (C=O) groups excluding carboxylic acids is 1. The van der Waals surface area contributed by atoms with Gasteiger partial charge < -0.3 is 24.4 Å². The molecule has 2 rings (SSSR count). The van der Waals surface area contributed by atoms with E-state index in [0.717, 1.165) is 5.56 Å². The van der Waals surface area contributed by atoms with Crippen LogP contribution in [0.3, 0.4) is 0 Å². The topological polar surface area (TPSA) is 85.2 Å². The van der Waals surface area contributed by atoms with Crippen LogP contribution >= 0.6 is 0 Å². The fourth-order valence-corrected chi connectivity index (χ4v) is 2.84. The Hall–Kier alpha value is -1.73. The molecule has 1 aromatic rings. The number of esters is 1. The summed E-state index contributed by atoms with van der Waals surface area (Å²) in [5.74, 6) is -0.353. The maximum atomic E-state index is 11.7. The van der Waals surface area contributed by atoms with Crippen molar-refractivity contribution < 1.29 is 29.2 Å². The van der Waals surface area contributed by atoms with E-state index in [4.69, 9.17) is 14.2 Å². The first-order chi connectivity index (χ1) is 13.0. The highest BCUT2D eigenvalue weighted by Crippen LogP contribution is 2.22. The number of ether oxygens (including phenoxy) is 3. The highest BCUT2D eigenvalue weighted by molar-refractivity contribution is 5.81. The first kappa shape index (κ1) is 21.6. The van der Waals surface area contributed by atoms with Crippen LogP contribution in [-0.2, 0) is 25.4 Å². The number of hydrogen-bond acceptors (Lipinski definition) is 6. The molecule has 6 nitrogen and oxygen atoms in total. The molecule has 1 aliphatic heterocycles. The molecule has 0 amide bonds. The van der Waals surface area contributed by atoms with Crippen molar-refractivity contribution in [1.29, 1.82) is 0 Å². The van der Waals surface area contributed by atoms with E-state index in [1.807, 2.05) is 37.3 Å². The van der Waals surface area contributed by atoms with Crippen molar-refractivity contribution in [1.82, 2.24) is 0 Å². The number of allylic oxidation sites excluding steroid dienone is 1. The molecule has 6 heteroatoms. The van der Waals surface area contributed by atoms with Crippen LogP contribution in [-0.4, -0.2) is 53.5 Å². The molecular weight excluding hydrogens is 348 g/mol. The molecule has 1 unspecified atom stereocenters. The Morgan fingerprint density at radius 3 is 2.78 bits per heavy atom. The normalized spacial score (nSPS) is 26.8. The highest BCUT2D eigenvalue weighted by Gasteiger charge is 2.35. The smallest absolute Gasteiger partial charge is 0.330 e. The zero-order chi connectivity index (χ0) is 19.6. The van der Waals surface area contributed by atoms with Crippen LogP contribution in [0, 0.1) is 0 Å². The van der Waals surface area contributed by atoms with Gasteiger partial charge in [0, 0.05) is 18.9 Å². The van der Waals surface area contributed by atoms with Gasteiger partial charge in [0.05, 0.1) is 24.9 Å². The molecule has 1 heterocycles. The van der Waals surface area contributed by atoms with Gasteiger partial charge in [-0.3, -0.25) is 0 Å². The van der Waals surface area contributed by atoms with Crippen molar-refractivity contribution in [2.24, 2.45) is 0 Å². The first-order valence-corrected chi connectivity index (χ1v) is 9.50. The minimum atomic E-state index is -0.839. The lowest BCUT2D eigenvalue weighted by Crippen LogP contribution is -2.48. The number of carbonyl (C=O) groups is 1. The van der Waals surface area contributed by atoms with E-state index in [0.29, 0.717) is 25.9 Å². The van der Waals surface area contributed by atoms with Gasteiger partial charge in [-0.05, 0) is 32.3 Å². The van der Waals surface area contributed by atoms with E-state index in [2.05, 4.69) is 0 Å². The minimum Gasteiger partial charge on any atom is -0.462 e. The zero-order valence-corrected chi connectivity index (χ0v) is 16.0. The lowest BCUT2D eigenvalue weighted by atomic mass is 10.0. The first-order valence-electron chi connectivity index (χ1n) is 9.50. The van der Waals surface area contributed by atoms with Gasteiger partial charge in [-0.25, -0.2) is 4.79 Å². The van der Waals surface area contributed by atoms with Crippen molar-refractivity contribution in [2.75, 3.05) is 6.61 Å². The lowest BCUT2D eigenvalue weighted by Gasteiger charge is -2.36. The van der Waals surface area contributed by atoms with Gasteiger partial charge in [0.15, 0.2) is 6.29 Å². The Kier molecular flexibility index (Phi) is 8.94. The van der Waals surface area contributed by atoms with Gasteiger partial charge in [-0.1, -0.05) is 36.4 Å². The Labute approximate surface area is 160 Å².